The van der Waals surface area contributed by atoms with Gasteiger partial charge in [0, 0.05) is 18.3 Å². The second-order valence-electron chi connectivity index (χ2n) is 6.57. The third-order valence-corrected chi connectivity index (χ3v) is 4.49. The highest BCUT2D eigenvalue weighted by Crippen LogP contribution is 2.19. The minimum atomic E-state index is -0.614. The molecule has 0 spiro atoms. The molecular weight excluding hydrogens is 384 g/mol. The second kappa shape index (κ2) is 9.04. The summed E-state index contributed by atoms with van der Waals surface area (Å²) in [5.74, 6) is -1.32. The fraction of sp³-hybridized carbons (Fsp3) is 0.182. The standard InChI is InChI=1S/C22H22N4O4/c1-14-20(15(2)26(25-14)18-7-5-4-6-8-18)22(29)30-13-19(27)24-17-11-9-16(10-12-17)21(28)23-3/h4-12H,13H2,1-3H3,(H,23,28)(H,24,27). The van der Waals surface area contributed by atoms with Crippen LogP contribution in [0.2, 0.25) is 0 Å². The summed E-state index contributed by atoms with van der Waals surface area (Å²) < 4.78 is 6.85. The van der Waals surface area contributed by atoms with Crippen molar-refractivity contribution < 1.29 is 19.1 Å². The summed E-state index contributed by atoms with van der Waals surface area (Å²) >= 11 is 0. The quantitative estimate of drug-likeness (QED) is 0.613. The van der Waals surface area contributed by atoms with E-state index in [0.29, 0.717) is 28.2 Å². The summed E-state index contributed by atoms with van der Waals surface area (Å²) in [6.07, 6.45) is 0. The summed E-state index contributed by atoms with van der Waals surface area (Å²) in [5, 5.41) is 9.55. The zero-order valence-electron chi connectivity index (χ0n) is 16.9. The number of para-hydroxylation sites is 1. The number of carbonyl (C=O) groups is 3. The van der Waals surface area contributed by atoms with Crippen molar-refractivity contribution in [1.82, 2.24) is 15.1 Å². The molecule has 0 aliphatic rings. The molecule has 30 heavy (non-hydrogen) atoms. The largest absolute Gasteiger partial charge is 0.452 e. The Balaban J connectivity index is 1.62. The number of benzene rings is 2. The van der Waals surface area contributed by atoms with Crippen LogP contribution >= 0.6 is 0 Å². The molecule has 0 unspecified atom stereocenters. The molecule has 2 aromatic carbocycles. The molecule has 8 heteroatoms. The van der Waals surface area contributed by atoms with Gasteiger partial charge in [0.15, 0.2) is 6.61 Å². The van der Waals surface area contributed by atoms with Crippen LogP contribution in [0.25, 0.3) is 5.69 Å². The third-order valence-electron chi connectivity index (χ3n) is 4.49. The molecule has 3 aromatic rings. The van der Waals surface area contributed by atoms with E-state index >= 15 is 0 Å². The normalized spacial score (nSPS) is 10.4. The van der Waals surface area contributed by atoms with E-state index in [-0.39, 0.29) is 5.91 Å². The summed E-state index contributed by atoms with van der Waals surface area (Å²) in [5.41, 5.74) is 3.29. The van der Waals surface area contributed by atoms with Crippen molar-refractivity contribution >= 4 is 23.5 Å². The van der Waals surface area contributed by atoms with E-state index in [0.717, 1.165) is 5.69 Å². The van der Waals surface area contributed by atoms with Gasteiger partial charge in [0.1, 0.15) is 5.56 Å². The first-order valence-electron chi connectivity index (χ1n) is 9.31. The number of ether oxygens (including phenoxy) is 1. The van der Waals surface area contributed by atoms with Gasteiger partial charge in [-0.05, 0) is 50.2 Å². The second-order valence-corrected chi connectivity index (χ2v) is 6.57. The molecule has 0 radical (unpaired) electrons. The molecule has 2 N–H and O–H groups in total. The summed E-state index contributed by atoms with van der Waals surface area (Å²) in [4.78, 5) is 36.2. The Hall–Kier alpha value is -3.94. The van der Waals surface area contributed by atoms with Gasteiger partial charge in [-0.15, -0.1) is 0 Å². The van der Waals surface area contributed by atoms with Crippen LogP contribution in [-0.2, 0) is 9.53 Å². The molecule has 0 bridgehead atoms. The number of hydrogen-bond donors (Lipinski definition) is 2. The molecule has 8 nitrogen and oxygen atoms in total. The van der Waals surface area contributed by atoms with Crippen LogP contribution in [0.15, 0.2) is 54.6 Å². The monoisotopic (exact) mass is 406 g/mol. The third kappa shape index (κ3) is 4.54. The molecule has 3 rings (SSSR count). The van der Waals surface area contributed by atoms with E-state index in [1.165, 1.54) is 0 Å². The number of nitrogens with one attached hydrogen (secondary N) is 2. The van der Waals surface area contributed by atoms with E-state index < -0.39 is 18.5 Å². The van der Waals surface area contributed by atoms with Crippen molar-refractivity contribution in [3.63, 3.8) is 0 Å². The Morgan fingerprint density at radius 3 is 2.30 bits per heavy atom. The maximum Gasteiger partial charge on any atom is 0.342 e. The molecular formula is C22H22N4O4. The number of carbonyl (C=O) groups excluding carboxylic acids is 3. The summed E-state index contributed by atoms with van der Waals surface area (Å²) in [7, 11) is 1.54. The van der Waals surface area contributed by atoms with Crippen LogP contribution < -0.4 is 10.6 Å². The first kappa shape index (κ1) is 20.8. The summed E-state index contributed by atoms with van der Waals surface area (Å²) in [6, 6.07) is 15.8. The lowest BCUT2D eigenvalue weighted by atomic mass is 10.2. The van der Waals surface area contributed by atoms with Gasteiger partial charge in [0.25, 0.3) is 11.8 Å². The number of aryl methyl sites for hydroxylation is 1. The predicted octanol–water partition coefficient (Wildman–Crippen LogP) is 2.64. The van der Waals surface area contributed by atoms with E-state index in [2.05, 4.69) is 15.7 Å². The van der Waals surface area contributed by atoms with Crippen molar-refractivity contribution in [2.45, 2.75) is 13.8 Å². The number of amides is 2. The maximum absolute atomic E-state index is 12.5. The lowest BCUT2D eigenvalue weighted by Crippen LogP contribution is -2.21. The van der Waals surface area contributed by atoms with Crippen LogP contribution in [0, 0.1) is 13.8 Å². The molecule has 0 aliphatic heterocycles. The maximum atomic E-state index is 12.5. The minimum absolute atomic E-state index is 0.219. The van der Waals surface area contributed by atoms with Gasteiger partial charge >= 0.3 is 5.97 Å². The zero-order chi connectivity index (χ0) is 21.7. The molecule has 2 amide bonds. The SMILES string of the molecule is CNC(=O)c1ccc(NC(=O)COC(=O)c2c(C)nn(-c3ccccc3)c2C)cc1. The lowest BCUT2D eigenvalue weighted by Gasteiger charge is -2.08. The van der Waals surface area contributed by atoms with Gasteiger partial charge in [0.2, 0.25) is 0 Å². The van der Waals surface area contributed by atoms with E-state index in [9.17, 15) is 14.4 Å². The first-order chi connectivity index (χ1) is 14.4. The number of rotatable bonds is 6. The average molecular weight is 406 g/mol. The Kier molecular flexibility index (Phi) is 6.26. The topological polar surface area (TPSA) is 102 Å². The molecule has 1 heterocycles. The average Bonchev–Trinajstić information content (AvgIpc) is 3.06. The van der Waals surface area contributed by atoms with Crippen molar-refractivity contribution in [3.8, 4) is 5.69 Å². The Morgan fingerprint density at radius 1 is 1.00 bits per heavy atom. The highest BCUT2D eigenvalue weighted by molar-refractivity contribution is 5.97. The minimum Gasteiger partial charge on any atom is -0.452 e. The number of hydrogen-bond acceptors (Lipinski definition) is 5. The van der Waals surface area contributed by atoms with Gasteiger partial charge < -0.3 is 15.4 Å². The highest BCUT2D eigenvalue weighted by atomic mass is 16.5. The van der Waals surface area contributed by atoms with E-state index in [1.807, 2.05) is 30.3 Å². The van der Waals surface area contributed by atoms with Crippen LogP contribution in [0.3, 0.4) is 0 Å². The molecule has 1 aromatic heterocycles. The van der Waals surface area contributed by atoms with E-state index in [4.69, 9.17) is 4.74 Å². The fourth-order valence-electron chi connectivity index (χ4n) is 3.01. The Morgan fingerprint density at radius 2 is 1.67 bits per heavy atom. The summed E-state index contributed by atoms with van der Waals surface area (Å²) in [6.45, 7) is 3.06. The number of esters is 1. The van der Waals surface area contributed by atoms with Gasteiger partial charge in [-0.25, -0.2) is 9.48 Å². The van der Waals surface area contributed by atoms with Crippen molar-refractivity contribution in [3.05, 3.63) is 77.1 Å². The number of nitrogens with zero attached hydrogens (tertiary/aromatic N) is 2. The first-order valence-corrected chi connectivity index (χ1v) is 9.31. The lowest BCUT2D eigenvalue weighted by molar-refractivity contribution is -0.119. The molecule has 0 aliphatic carbocycles. The molecule has 0 atom stereocenters. The smallest absolute Gasteiger partial charge is 0.342 e. The van der Waals surface area contributed by atoms with Crippen molar-refractivity contribution in [2.24, 2.45) is 0 Å². The van der Waals surface area contributed by atoms with Crippen LogP contribution in [0.5, 0.6) is 0 Å². The Bertz CT molecular complexity index is 1070. The molecule has 0 fully saturated rings. The fourth-order valence-corrected chi connectivity index (χ4v) is 3.01. The van der Waals surface area contributed by atoms with Gasteiger partial charge in [-0.1, -0.05) is 18.2 Å². The predicted molar refractivity (Wildman–Crippen MR) is 112 cm³/mol. The number of anilines is 1. The highest BCUT2D eigenvalue weighted by Gasteiger charge is 2.21. The van der Waals surface area contributed by atoms with Crippen LogP contribution in [0.1, 0.15) is 32.1 Å². The van der Waals surface area contributed by atoms with E-state index in [1.54, 1.807) is 49.8 Å². The van der Waals surface area contributed by atoms with Gasteiger partial charge in [0.05, 0.1) is 17.1 Å². The molecule has 0 saturated carbocycles. The van der Waals surface area contributed by atoms with Crippen molar-refractivity contribution in [1.29, 1.82) is 0 Å². The Labute approximate surface area is 173 Å². The van der Waals surface area contributed by atoms with Gasteiger partial charge in [-0.2, -0.15) is 5.10 Å². The number of aromatic nitrogens is 2. The van der Waals surface area contributed by atoms with Crippen LogP contribution in [0.4, 0.5) is 5.69 Å². The van der Waals surface area contributed by atoms with Crippen molar-refractivity contribution in [2.75, 3.05) is 19.0 Å². The molecule has 0 saturated heterocycles. The van der Waals surface area contributed by atoms with Crippen LogP contribution in [-0.4, -0.2) is 41.2 Å². The zero-order valence-corrected chi connectivity index (χ0v) is 16.9. The molecule has 154 valence electrons. The van der Waals surface area contributed by atoms with Gasteiger partial charge in [-0.3, -0.25) is 9.59 Å².